The summed E-state index contributed by atoms with van der Waals surface area (Å²) in [6, 6.07) is 4.27. The van der Waals surface area contributed by atoms with E-state index in [9.17, 15) is 14.0 Å². The summed E-state index contributed by atoms with van der Waals surface area (Å²) in [4.78, 5) is 28.2. The van der Waals surface area contributed by atoms with Gasteiger partial charge >= 0.3 is 5.97 Å². The van der Waals surface area contributed by atoms with Crippen LogP contribution in [0.15, 0.2) is 18.2 Å². The Morgan fingerprint density at radius 2 is 2.15 bits per heavy atom. The monoisotopic (exact) mass is 354 g/mol. The largest absolute Gasteiger partial charge is 0.462 e. The Bertz CT molecular complexity index is 987. The van der Waals surface area contributed by atoms with Crippen molar-refractivity contribution < 1.29 is 18.7 Å². The number of carbonyl (C=O) groups excluding carboxylic acids is 2. The molecule has 5 nitrogen and oxygen atoms in total. The highest BCUT2D eigenvalue weighted by Crippen LogP contribution is 2.49. The number of carbonyl (C=O) groups is 2. The average Bonchev–Trinajstić information content (AvgIpc) is 3.18. The van der Waals surface area contributed by atoms with Crippen molar-refractivity contribution in [3.63, 3.8) is 0 Å². The minimum atomic E-state index is -0.389. The third kappa shape index (κ3) is 2.29. The zero-order chi connectivity index (χ0) is 18.6. The van der Waals surface area contributed by atoms with Gasteiger partial charge in [0.2, 0.25) is 0 Å². The van der Waals surface area contributed by atoms with Crippen molar-refractivity contribution in [1.29, 1.82) is 0 Å². The molecule has 1 aliphatic carbocycles. The molecule has 2 heterocycles. The number of H-pyrrole nitrogens is 1. The van der Waals surface area contributed by atoms with Crippen LogP contribution in [0.1, 0.15) is 59.1 Å². The summed E-state index contributed by atoms with van der Waals surface area (Å²) in [7, 11) is 0. The third-order valence-corrected chi connectivity index (χ3v) is 5.04. The lowest BCUT2D eigenvalue weighted by molar-refractivity contribution is -0.110. The first-order chi connectivity index (χ1) is 12.4. The Hall–Kier alpha value is -2.89. The van der Waals surface area contributed by atoms with Crippen molar-refractivity contribution in [1.82, 2.24) is 4.98 Å². The van der Waals surface area contributed by atoms with E-state index >= 15 is 0 Å². The fourth-order valence-electron chi connectivity index (χ4n) is 4.02. The summed E-state index contributed by atoms with van der Waals surface area (Å²) in [5.41, 5.74) is 5.37. The molecule has 0 saturated heterocycles. The average molecular weight is 354 g/mol. The van der Waals surface area contributed by atoms with E-state index in [2.05, 4.69) is 10.3 Å². The van der Waals surface area contributed by atoms with Crippen molar-refractivity contribution >= 4 is 28.7 Å². The van der Waals surface area contributed by atoms with Crippen LogP contribution >= 0.6 is 0 Å². The summed E-state index contributed by atoms with van der Waals surface area (Å²) in [5.74, 6) is -0.935. The first-order valence-corrected chi connectivity index (χ1v) is 8.66. The number of halogens is 1. The molecule has 134 valence electrons. The van der Waals surface area contributed by atoms with E-state index in [-0.39, 0.29) is 23.6 Å². The highest BCUT2D eigenvalue weighted by molar-refractivity contribution is 6.37. The van der Waals surface area contributed by atoms with Gasteiger partial charge in [-0.2, -0.15) is 0 Å². The molecular weight excluding hydrogens is 335 g/mol. The second kappa shape index (κ2) is 5.83. The predicted molar refractivity (Wildman–Crippen MR) is 96.4 cm³/mol. The Kier molecular flexibility index (Phi) is 3.72. The number of rotatable bonds is 2. The molecule has 1 unspecified atom stereocenters. The number of aryl methyl sites for hydroxylation is 1. The standard InChI is InChI=1S/C20H19FN2O3/c1-4-26-20(25)16-10(3)22-18-13(7-9(2)15(16)18)17-12-8-11(21)5-6-14(12)23-19(17)24/h5-6,8-9,22H,4,7H2,1-3H3,(H,23,24)/b17-13-. The number of ether oxygens (including phenoxy) is 1. The number of amides is 1. The van der Waals surface area contributed by atoms with Crippen LogP contribution in [0.5, 0.6) is 0 Å². The van der Waals surface area contributed by atoms with Gasteiger partial charge in [-0.25, -0.2) is 9.18 Å². The molecular formula is C20H19FN2O3. The second-order valence-electron chi connectivity index (χ2n) is 6.74. The first-order valence-electron chi connectivity index (χ1n) is 8.66. The van der Waals surface area contributed by atoms with Gasteiger partial charge in [-0.1, -0.05) is 6.92 Å². The highest BCUT2D eigenvalue weighted by atomic mass is 19.1. The van der Waals surface area contributed by atoms with E-state index in [4.69, 9.17) is 4.74 Å². The summed E-state index contributed by atoms with van der Waals surface area (Å²) in [6.45, 7) is 5.91. The van der Waals surface area contributed by atoms with Crippen LogP contribution in [-0.4, -0.2) is 23.5 Å². The molecule has 0 fully saturated rings. The molecule has 1 aliphatic heterocycles. The number of anilines is 1. The maximum Gasteiger partial charge on any atom is 0.340 e. The molecule has 2 aromatic rings. The molecule has 4 rings (SSSR count). The SMILES string of the molecule is CCOC(=O)c1c(C)[nH]c2c1C(C)C/C2=C1/C(=O)Nc2ccc(F)cc21. The van der Waals surface area contributed by atoms with Crippen LogP contribution in [0, 0.1) is 12.7 Å². The fourth-order valence-corrected chi connectivity index (χ4v) is 4.02. The van der Waals surface area contributed by atoms with Gasteiger partial charge in [0.25, 0.3) is 5.91 Å². The van der Waals surface area contributed by atoms with Gasteiger partial charge in [0, 0.05) is 22.6 Å². The van der Waals surface area contributed by atoms with E-state index in [1.54, 1.807) is 13.0 Å². The van der Waals surface area contributed by atoms with Gasteiger partial charge in [0.05, 0.1) is 17.7 Å². The molecule has 26 heavy (non-hydrogen) atoms. The molecule has 2 aliphatic rings. The second-order valence-corrected chi connectivity index (χ2v) is 6.74. The Morgan fingerprint density at radius 1 is 1.38 bits per heavy atom. The van der Waals surface area contributed by atoms with Gasteiger partial charge in [0.15, 0.2) is 0 Å². The molecule has 6 heteroatoms. The van der Waals surface area contributed by atoms with E-state index in [0.717, 1.165) is 22.5 Å². The predicted octanol–water partition coefficient (Wildman–Crippen LogP) is 4.01. The van der Waals surface area contributed by atoms with E-state index in [1.807, 2.05) is 13.8 Å². The van der Waals surface area contributed by atoms with Gasteiger partial charge in [-0.15, -0.1) is 0 Å². The van der Waals surface area contributed by atoms with Crippen LogP contribution in [-0.2, 0) is 9.53 Å². The number of nitrogens with one attached hydrogen (secondary N) is 2. The quantitative estimate of drug-likeness (QED) is 0.632. The van der Waals surface area contributed by atoms with E-state index in [0.29, 0.717) is 35.4 Å². The smallest absolute Gasteiger partial charge is 0.340 e. The number of aromatic amines is 1. The number of benzene rings is 1. The summed E-state index contributed by atoms with van der Waals surface area (Å²) in [6.07, 6.45) is 0.604. The van der Waals surface area contributed by atoms with Gasteiger partial charge < -0.3 is 15.0 Å². The van der Waals surface area contributed by atoms with E-state index < -0.39 is 0 Å². The van der Waals surface area contributed by atoms with Gasteiger partial charge in [-0.05, 0) is 55.5 Å². The minimum absolute atomic E-state index is 0.0577. The Morgan fingerprint density at radius 3 is 2.88 bits per heavy atom. The number of fused-ring (bicyclic) bond motifs is 2. The third-order valence-electron chi connectivity index (χ3n) is 5.04. The molecule has 0 bridgehead atoms. The molecule has 1 amide bonds. The molecule has 1 aromatic carbocycles. The summed E-state index contributed by atoms with van der Waals surface area (Å²) < 4.78 is 18.9. The fraction of sp³-hybridized carbons (Fsp3) is 0.300. The number of hydrogen-bond donors (Lipinski definition) is 2. The van der Waals surface area contributed by atoms with Crippen molar-refractivity contribution in [3.05, 3.63) is 52.1 Å². The highest BCUT2D eigenvalue weighted by Gasteiger charge is 2.38. The lowest BCUT2D eigenvalue weighted by Gasteiger charge is -2.08. The zero-order valence-corrected chi connectivity index (χ0v) is 14.8. The Balaban J connectivity index is 1.93. The summed E-state index contributed by atoms with van der Waals surface area (Å²) >= 11 is 0. The number of allylic oxidation sites excluding steroid dienone is 1. The first kappa shape index (κ1) is 16.6. The Labute approximate surface area is 150 Å². The van der Waals surface area contributed by atoms with Crippen LogP contribution < -0.4 is 5.32 Å². The van der Waals surface area contributed by atoms with Crippen LogP contribution in [0.25, 0.3) is 11.1 Å². The van der Waals surface area contributed by atoms with Crippen LogP contribution in [0.3, 0.4) is 0 Å². The number of esters is 1. The molecule has 1 atom stereocenters. The van der Waals surface area contributed by atoms with Crippen molar-refractivity contribution in [2.45, 2.75) is 33.1 Å². The topological polar surface area (TPSA) is 71.2 Å². The number of hydrogen-bond acceptors (Lipinski definition) is 3. The maximum absolute atomic E-state index is 13.8. The number of aromatic nitrogens is 1. The van der Waals surface area contributed by atoms with Crippen LogP contribution in [0.4, 0.5) is 10.1 Å². The molecule has 0 radical (unpaired) electrons. The molecule has 0 spiro atoms. The molecule has 2 N–H and O–H groups in total. The lowest BCUT2D eigenvalue weighted by atomic mass is 9.97. The molecule has 1 aromatic heterocycles. The summed E-state index contributed by atoms with van der Waals surface area (Å²) in [5, 5.41) is 2.79. The lowest BCUT2D eigenvalue weighted by Crippen LogP contribution is -2.08. The van der Waals surface area contributed by atoms with Crippen molar-refractivity contribution in [2.75, 3.05) is 11.9 Å². The van der Waals surface area contributed by atoms with Crippen molar-refractivity contribution in [2.24, 2.45) is 0 Å². The van der Waals surface area contributed by atoms with Crippen LogP contribution in [0.2, 0.25) is 0 Å². The maximum atomic E-state index is 13.8. The van der Waals surface area contributed by atoms with E-state index in [1.165, 1.54) is 12.1 Å². The zero-order valence-electron chi connectivity index (χ0n) is 14.8. The van der Waals surface area contributed by atoms with Gasteiger partial charge in [-0.3, -0.25) is 4.79 Å². The van der Waals surface area contributed by atoms with Gasteiger partial charge in [0.1, 0.15) is 5.82 Å². The normalized spacial score (nSPS) is 20.8. The minimum Gasteiger partial charge on any atom is -0.462 e. The van der Waals surface area contributed by atoms with Crippen molar-refractivity contribution in [3.8, 4) is 0 Å². The molecule has 0 saturated carbocycles.